The summed E-state index contributed by atoms with van der Waals surface area (Å²) in [6, 6.07) is 6.12. The molecular formula is C15H24N2O3. The number of nitrogens with zero attached hydrogens (tertiary/aromatic N) is 1. The molecule has 112 valence electrons. The van der Waals surface area contributed by atoms with E-state index in [4.69, 9.17) is 19.9 Å². The van der Waals surface area contributed by atoms with Gasteiger partial charge in [-0.05, 0) is 19.5 Å². The average Bonchev–Trinajstić information content (AvgIpc) is 3.00. The van der Waals surface area contributed by atoms with Gasteiger partial charge in [0, 0.05) is 36.9 Å². The van der Waals surface area contributed by atoms with Gasteiger partial charge in [-0.25, -0.2) is 0 Å². The van der Waals surface area contributed by atoms with Crippen molar-refractivity contribution in [1.29, 1.82) is 0 Å². The van der Waals surface area contributed by atoms with Crippen LogP contribution in [-0.4, -0.2) is 52.0 Å². The van der Waals surface area contributed by atoms with Gasteiger partial charge in [0.1, 0.15) is 11.5 Å². The van der Waals surface area contributed by atoms with Crippen LogP contribution in [0.25, 0.3) is 0 Å². The van der Waals surface area contributed by atoms with Crippen molar-refractivity contribution in [2.75, 3.05) is 41.0 Å². The molecule has 20 heavy (non-hydrogen) atoms. The minimum atomic E-state index is -0.0959. The lowest BCUT2D eigenvalue weighted by atomic mass is 10.0. The molecule has 2 rings (SSSR count). The molecule has 2 N–H and O–H groups in total. The molecule has 0 radical (unpaired) electrons. The van der Waals surface area contributed by atoms with Gasteiger partial charge in [-0.1, -0.05) is 6.07 Å². The highest BCUT2D eigenvalue weighted by atomic mass is 16.5. The molecule has 1 fully saturated rings. The van der Waals surface area contributed by atoms with Gasteiger partial charge < -0.3 is 19.9 Å². The Morgan fingerprint density at radius 3 is 2.80 bits per heavy atom. The molecule has 0 saturated carbocycles. The summed E-state index contributed by atoms with van der Waals surface area (Å²) < 4.78 is 16.0. The number of hydrogen-bond acceptors (Lipinski definition) is 5. The second-order valence-electron chi connectivity index (χ2n) is 5.17. The Morgan fingerprint density at radius 1 is 1.40 bits per heavy atom. The van der Waals surface area contributed by atoms with E-state index in [9.17, 15) is 0 Å². The first-order chi connectivity index (χ1) is 9.65. The number of likely N-dealkylation sites (N-methyl/N-ethyl adjacent to an activating group) is 1. The van der Waals surface area contributed by atoms with Crippen LogP contribution in [0.3, 0.4) is 0 Å². The molecule has 1 aromatic rings. The van der Waals surface area contributed by atoms with Crippen LogP contribution in [0.5, 0.6) is 11.5 Å². The van der Waals surface area contributed by atoms with Gasteiger partial charge in [-0.2, -0.15) is 0 Å². The Labute approximate surface area is 120 Å². The van der Waals surface area contributed by atoms with Crippen molar-refractivity contribution >= 4 is 0 Å². The van der Waals surface area contributed by atoms with Crippen LogP contribution in [0, 0.1) is 0 Å². The molecule has 1 saturated heterocycles. The normalized spacial score (nSPS) is 20.1. The zero-order valence-corrected chi connectivity index (χ0v) is 12.5. The van der Waals surface area contributed by atoms with E-state index in [2.05, 4.69) is 11.9 Å². The van der Waals surface area contributed by atoms with Crippen LogP contribution in [0.4, 0.5) is 0 Å². The van der Waals surface area contributed by atoms with Crippen LogP contribution in [0.1, 0.15) is 18.0 Å². The Balaban J connectivity index is 2.05. The molecule has 1 heterocycles. The van der Waals surface area contributed by atoms with Crippen molar-refractivity contribution in [1.82, 2.24) is 4.90 Å². The molecule has 0 spiro atoms. The van der Waals surface area contributed by atoms with E-state index in [-0.39, 0.29) is 6.04 Å². The quantitative estimate of drug-likeness (QED) is 0.854. The first-order valence-corrected chi connectivity index (χ1v) is 6.91. The monoisotopic (exact) mass is 280 g/mol. The first kappa shape index (κ1) is 15.1. The molecule has 0 amide bonds. The Hall–Kier alpha value is -1.30. The zero-order chi connectivity index (χ0) is 14.5. The fourth-order valence-corrected chi connectivity index (χ4v) is 2.55. The second kappa shape index (κ2) is 6.92. The molecule has 5 nitrogen and oxygen atoms in total. The minimum Gasteiger partial charge on any atom is -0.497 e. The fourth-order valence-electron chi connectivity index (χ4n) is 2.55. The van der Waals surface area contributed by atoms with Gasteiger partial charge >= 0.3 is 0 Å². The topological polar surface area (TPSA) is 57.0 Å². The zero-order valence-electron chi connectivity index (χ0n) is 12.5. The molecule has 2 atom stereocenters. The summed E-state index contributed by atoms with van der Waals surface area (Å²) in [6.07, 6.45) is 1.07. The SMILES string of the molecule is COc1ccc(C(N)CN(C)C2CCOC2)c(OC)c1. The first-order valence-electron chi connectivity index (χ1n) is 6.91. The Morgan fingerprint density at radius 2 is 2.20 bits per heavy atom. The average molecular weight is 280 g/mol. The molecule has 0 bridgehead atoms. The van der Waals surface area contributed by atoms with E-state index in [1.54, 1.807) is 14.2 Å². The summed E-state index contributed by atoms with van der Waals surface area (Å²) in [7, 11) is 5.39. The number of methoxy groups -OCH3 is 2. The van der Waals surface area contributed by atoms with Crippen LogP contribution in [0.15, 0.2) is 18.2 Å². The fraction of sp³-hybridized carbons (Fsp3) is 0.600. The van der Waals surface area contributed by atoms with Gasteiger partial charge in [0.15, 0.2) is 0 Å². The Bertz CT molecular complexity index is 433. The van der Waals surface area contributed by atoms with Crippen molar-refractivity contribution in [3.63, 3.8) is 0 Å². The highest BCUT2D eigenvalue weighted by Crippen LogP contribution is 2.29. The van der Waals surface area contributed by atoms with Crippen molar-refractivity contribution in [3.05, 3.63) is 23.8 Å². The van der Waals surface area contributed by atoms with Crippen molar-refractivity contribution < 1.29 is 14.2 Å². The molecule has 1 aromatic carbocycles. The summed E-state index contributed by atoms with van der Waals surface area (Å²) >= 11 is 0. The maximum absolute atomic E-state index is 6.33. The highest BCUT2D eigenvalue weighted by molar-refractivity contribution is 5.42. The highest BCUT2D eigenvalue weighted by Gasteiger charge is 2.23. The lowest BCUT2D eigenvalue weighted by molar-refractivity contribution is 0.155. The minimum absolute atomic E-state index is 0.0959. The van der Waals surface area contributed by atoms with Gasteiger partial charge in [0.2, 0.25) is 0 Å². The van der Waals surface area contributed by atoms with E-state index >= 15 is 0 Å². The lowest BCUT2D eigenvalue weighted by Gasteiger charge is -2.27. The third-order valence-electron chi connectivity index (χ3n) is 3.85. The molecule has 1 aliphatic rings. The van der Waals surface area contributed by atoms with Crippen molar-refractivity contribution in [3.8, 4) is 11.5 Å². The summed E-state index contributed by atoms with van der Waals surface area (Å²) in [5, 5.41) is 0. The smallest absolute Gasteiger partial charge is 0.127 e. The summed E-state index contributed by atoms with van der Waals surface area (Å²) in [6.45, 7) is 2.41. The number of benzene rings is 1. The number of hydrogen-bond donors (Lipinski definition) is 1. The lowest BCUT2D eigenvalue weighted by Crippen LogP contribution is -2.37. The van der Waals surface area contributed by atoms with Crippen molar-refractivity contribution in [2.24, 2.45) is 5.73 Å². The van der Waals surface area contributed by atoms with Gasteiger partial charge in [0.05, 0.1) is 20.8 Å². The second-order valence-corrected chi connectivity index (χ2v) is 5.17. The largest absolute Gasteiger partial charge is 0.497 e. The molecule has 2 unspecified atom stereocenters. The van der Waals surface area contributed by atoms with E-state index in [1.165, 1.54) is 0 Å². The molecular weight excluding hydrogens is 256 g/mol. The predicted molar refractivity (Wildman–Crippen MR) is 78.3 cm³/mol. The third-order valence-corrected chi connectivity index (χ3v) is 3.85. The Kier molecular flexibility index (Phi) is 5.23. The van der Waals surface area contributed by atoms with Crippen LogP contribution in [-0.2, 0) is 4.74 Å². The summed E-state index contributed by atoms with van der Waals surface area (Å²) in [4.78, 5) is 2.27. The summed E-state index contributed by atoms with van der Waals surface area (Å²) in [5.41, 5.74) is 7.33. The van der Waals surface area contributed by atoms with Gasteiger partial charge in [-0.15, -0.1) is 0 Å². The van der Waals surface area contributed by atoms with Crippen LogP contribution < -0.4 is 15.2 Å². The molecule has 1 aliphatic heterocycles. The van der Waals surface area contributed by atoms with E-state index < -0.39 is 0 Å². The maximum Gasteiger partial charge on any atom is 0.127 e. The third kappa shape index (κ3) is 3.42. The standard InChI is InChI=1S/C15H24N2O3/c1-17(11-6-7-20-10-11)9-14(16)13-5-4-12(18-2)8-15(13)19-3/h4-5,8,11,14H,6-7,9-10,16H2,1-3H3. The number of rotatable bonds is 6. The molecule has 0 aliphatic carbocycles. The van der Waals surface area contributed by atoms with Crippen LogP contribution in [0.2, 0.25) is 0 Å². The molecule has 0 aromatic heterocycles. The van der Waals surface area contributed by atoms with E-state index in [0.717, 1.165) is 43.2 Å². The molecule has 5 heteroatoms. The predicted octanol–water partition coefficient (Wildman–Crippen LogP) is 1.42. The van der Waals surface area contributed by atoms with Crippen LogP contribution >= 0.6 is 0 Å². The van der Waals surface area contributed by atoms with Gasteiger partial charge in [0.25, 0.3) is 0 Å². The maximum atomic E-state index is 6.33. The van der Waals surface area contributed by atoms with E-state index in [0.29, 0.717) is 6.04 Å². The van der Waals surface area contributed by atoms with E-state index in [1.807, 2.05) is 18.2 Å². The number of ether oxygens (including phenoxy) is 3. The van der Waals surface area contributed by atoms with Gasteiger partial charge in [-0.3, -0.25) is 4.90 Å². The number of nitrogens with two attached hydrogens (primary N) is 1. The van der Waals surface area contributed by atoms with Crippen molar-refractivity contribution in [2.45, 2.75) is 18.5 Å². The summed E-state index contributed by atoms with van der Waals surface area (Å²) in [5.74, 6) is 1.54.